The van der Waals surface area contributed by atoms with Crippen LogP contribution in [0.25, 0.3) is 0 Å². The number of nitrogens with one attached hydrogen (secondary N) is 1. The molecule has 0 aromatic heterocycles. The second-order valence-electron chi connectivity index (χ2n) is 4.95. The zero-order valence-corrected chi connectivity index (χ0v) is 10.2. The molecule has 3 nitrogen and oxygen atoms in total. The van der Waals surface area contributed by atoms with Gasteiger partial charge >= 0.3 is 0 Å². The van der Waals surface area contributed by atoms with Crippen LogP contribution in [0.15, 0.2) is 0 Å². The Balaban J connectivity index is 2.29. The molecule has 0 aromatic carbocycles. The summed E-state index contributed by atoms with van der Waals surface area (Å²) in [6.45, 7) is 7.70. The van der Waals surface area contributed by atoms with Gasteiger partial charge in [-0.1, -0.05) is 13.8 Å². The van der Waals surface area contributed by atoms with E-state index in [1.807, 2.05) is 0 Å². The van der Waals surface area contributed by atoms with Crippen molar-refractivity contribution >= 4 is 0 Å². The van der Waals surface area contributed by atoms with E-state index < -0.39 is 0 Å². The van der Waals surface area contributed by atoms with Gasteiger partial charge in [0.15, 0.2) is 0 Å². The van der Waals surface area contributed by atoms with Crippen LogP contribution >= 0.6 is 0 Å². The summed E-state index contributed by atoms with van der Waals surface area (Å²) in [5.74, 6) is 0.600. The van der Waals surface area contributed by atoms with Crippen LogP contribution in [0, 0.1) is 5.92 Å². The van der Waals surface area contributed by atoms with Crippen molar-refractivity contribution in [1.82, 2.24) is 5.32 Å². The van der Waals surface area contributed by atoms with Gasteiger partial charge in [-0.3, -0.25) is 0 Å². The minimum absolute atomic E-state index is 0.269. The first-order valence-electron chi connectivity index (χ1n) is 6.12. The first kappa shape index (κ1) is 12.9. The van der Waals surface area contributed by atoms with Crippen molar-refractivity contribution in [2.24, 2.45) is 5.92 Å². The molecule has 90 valence electrons. The van der Waals surface area contributed by atoms with E-state index in [1.54, 1.807) is 0 Å². The average molecular weight is 215 g/mol. The number of hydrogen-bond donors (Lipinski definition) is 2. The number of ether oxygens (including phenoxy) is 1. The van der Waals surface area contributed by atoms with Crippen LogP contribution in [0.5, 0.6) is 0 Å². The molecule has 0 radical (unpaired) electrons. The zero-order chi connectivity index (χ0) is 11.3. The lowest BCUT2D eigenvalue weighted by Crippen LogP contribution is -2.44. The summed E-state index contributed by atoms with van der Waals surface area (Å²) < 4.78 is 5.72. The van der Waals surface area contributed by atoms with Crippen molar-refractivity contribution in [2.45, 2.75) is 58.2 Å². The Bertz CT molecular complexity index is 173. The van der Waals surface area contributed by atoms with Crippen LogP contribution < -0.4 is 5.32 Å². The molecule has 0 aliphatic carbocycles. The molecular weight excluding hydrogens is 190 g/mol. The standard InChI is InChI=1S/C12H25NO2/c1-9(2)12-8-11(5-7-15-12)13-10(3)4-6-14/h9-14H,4-8H2,1-3H3. The lowest BCUT2D eigenvalue weighted by molar-refractivity contribution is -0.0259. The van der Waals surface area contributed by atoms with E-state index >= 15 is 0 Å². The third-order valence-electron chi connectivity index (χ3n) is 3.14. The largest absolute Gasteiger partial charge is 0.396 e. The summed E-state index contributed by atoms with van der Waals surface area (Å²) in [6, 6.07) is 0.971. The molecule has 2 N–H and O–H groups in total. The van der Waals surface area contributed by atoms with Crippen LogP contribution in [0.2, 0.25) is 0 Å². The molecular formula is C12H25NO2. The molecule has 0 bridgehead atoms. The summed E-state index contributed by atoms with van der Waals surface area (Å²) in [5.41, 5.74) is 0. The smallest absolute Gasteiger partial charge is 0.0612 e. The van der Waals surface area contributed by atoms with Gasteiger partial charge in [0, 0.05) is 25.3 Å². The lowest BCUT2D eigenvalue weighted by atomic mass is 9.95. The topological polar surface area (TPSA) is 41.5 Å². The summed E-state index contributed by atoms with van der Waals surface area (Å²) in [6.07, 6.45) is 3.44. The van der Waals surface area contributed by atoms with E-state index in [2.05, 4.69) is 26.1 Å². The molecule has 1 rings (SSSR count). The van der Waals surface area contributed by atoms with E-state index in [1.165, 1.54) is 0 Å². The van der Waals surface area contributed by atoms with Crippen LogP contribution in [0.1, 0.15) is 40.0 Å². The Kier molecular flexibility index (Phi) is 5.58. The van der Waals surface area contributed by atoms with Gasteiger partial charge in [-0.05, 0) is 32.1 Å². The van der Waals surface area contributed by atoms with E-state index in [0.717, 1.165) is 25.9 Å². The Morgan fingerprint density at radius 1 is 1.40 bits per heavy atom. The van der Waals surface area contributed by atoms with Gasteiger partial charge in [0.2, 0.25) is 0 Å². The van der Waals surface area contributed by atoms with Crippen molar-refractivity contribution in [3.63, 3.8) is 0 Å². The SMILES string of the molecule is CC(CCO)NC1CCOC(C(C)C)C1. The maximum Gasteiger partial charge on any atom is 0.0612 e. The fourth-order valence-corrected chi connectivity index (χ4v) is 2.12. The van der Waals surface area contributed by atoms with Crippen molar-refractivity contribution in [2.75, 3.05) is 13.2 Å². The van der Waals surface area contributed by atoms with Gasteiger partial charge in [-0.2, -0.15) is 0 Å². The highest BCUT2D eigenvalue weighted by molar-refractivity contribution is 4.80. The van der Waals surface area contributed by atoms with Gasteiger partial charge in [-0.15, -0.1) is 0 Å². The molecule has 0 saturated carbocycles. The molecule has 3 heteroatoms. The maximum absolute atomic E-state index is 8.84. The molecule has 0 spiro atoms. The minimum Gasteiger partial charge on any atom is -0.396 e. The van der Waals surface area contributed by atoms with Gasteiger partial charge in [-0.25, -0.2) is 0 Å². The number of aliphatic hydroxyl groups excluding tert-OH is 1. The highest BCUT2D eigenvalue weighted by Crippen LogP contribution is 2.20. The number of aliphatic hydroxyl groups is 1. The summed E-state index contributed by atoms with van der Waals surface area (Å²) in [7, 11) is 0. The van der Waals surface area contributed by atoms with Crippen LogP contribution in [0.4, 0.5) is 0 Å². The van der Waals surface area contributed by atoms with Crippen LogP contribution in [-0.2, 0) is 4.74 Å². The van der Waals surface area contributed by atoms with E-state index in [0.29, 0.717) is 24.1 Å². The van der Waals surface area contributed by atoms with E-state index in [-0.39, 0.29) is 6.61 Å². The highest BCUT2D eigenvalue weighted by atomic mass is 16.5. The van der Waals surface area contributed by atoms with Crippen LogP contribution in [-0.4, -0.2) is 36.5 Å². The van der Waals surface area contributed by atoms with Gasteiger partial charge < -0.3 is 15.2 Å². The van der Waals surface area contributed by atoms with Crippen molar-refractivity contribution in [3.05, 3.63) is 0 Å². The van der Waals surface area contributed by atoms with E-state index in [9.17, 15) is 0 Å². The predicted molar refractivity (Wildman–Crippen MR) is 61.9 cm³/mol. The first-order chi connectivity index (χ1) is 7.13. The quantitative estimate of drug-likeness (QED) is 0.731. The molecule has 0 aromatic rings. The Labute approximate surface area is 93.2 Å². The number of hydrogen-bond acceptors (Lipinski definition) is 3. The average Bonchev–Trinajstić information content (AvgIpc) is 2.18. The van der Waals surface area contributed by atoms with Crippen molar-refractivity contribution in [3.8, 4) is 0 Å². The van der Waals surface area contributed by atoms with Gasteiger partial charge in [0.1, 0.15) is 0 Å². The molecule has 1 aliphatic heterocycles. The van der Waals surface area contributed by atoms with Gasteiger partial charge in [0.05, 0.1) is 6.10 Å². The zero-order valence-electron chi connectivity index (χ0n) is 10.2. The Hall–Kier alpha value is -0.120. The third-order valence-corrected chi connectivity index (χ3v) is 3.14. The molecule has 3 atom stereocenters. The Morgan fingerprint density at radius 2 is 2.13 bits per heavy atom. The normalized spacial score (nSPS) is 29.4. The first-order valence-corrected chi connectivity index (χ1v) is 6.12. The van der Waals surface area contributed by atoms with Crippen LogP contribution in [0.3, 0.4) is 0 Å². The number of rotatable bonds is 5. The lowest BCUT2D eigenvalue weighted by Gasteiger charge is -2.34. The van der Waals surface area contributed by atoms with Crippen molar-refractivity contribution < 1.29 is 9.84 Å². The predicted octanol–water partition coefficient (Wildman–Crippen LogP) is 1.55. The molecule has 1 aliphatic rings. The highest BCUT2D eigenvalue weighted by Gasteiger charge is 2.25. The third kappa shape index (κ3) is 4.49. The maximum atomic E-state index is 8.84. The van der Waals surface area contributed by atoms with Gasteiger partial charge in [0.25, 0.3) is 0 Å². The summed E-state index contributed by atoms with van der Waals surface area (Å²) in [4.78, 5) is 0. The molecule has 3 unspecified atom stereocenters. The molecule has 15 heavy (non-hydrogen) atoms. The second kappa shape index (κ2) is 6.46. The monoisotopic (exact) mass is 215 g/mol. The summed E-state index contributed by atoms with van der Waals surface area (Å²) in [5, 5.41) is 12.4. The fourth-order valence-electron chi connectivity index (χ4n) is 2.12. The molecule has 0 amide bonds. The molecule has 1 fully saturated rings. The molecule has 1 heterocycles. The molecule has 1 saturated heterocycles. The summed E-state index contributed by atoms with van der Waals surface area (Å²) >= 11 is 0. The minimum atomic E-state index is 0.269. The Morgan fingerprint density at radius 3 is 2.73 bits per heavy atom. The fraction of sp³-hybridized carbons (Fsp3) is 1.00. The van der Waals surface area contributed by atoms with E-state index in [4.69, 9.17) is 9.84 Å². The van der Waals surface area contributed by atoms with Crippen molar-refractivity contribution in [1.29, 1.82) is 0 Å². The second-order valence-corrected chi connectivity index (χ2v) is 4.95.